The smallest absolute Gasteiger partial charge is 0.308 e. The monoisotopic (exact) mass is 272 g/mol. The standard InChI is InChI=1S/C16H32O3/c1-8-9-13(2)15(3,4)10-11-19-16(5,6)12-14(17)18-7/h13H,8-12H2,1-7H3. The first-order chi connectivity index (χ1) is 8.64. The Morgan fingerprint density at radius 3 is 2.26 bits per heavy atom. The molecular formula is C16H32O3. The van der Waals surface area contributed by atoms with Crippen LogP contribution in [-0.2, 0) is 14.3 Å². The van der Waals surface area contributed by atoms with Gasteiger partial charge < -0.3 is 9.47 Å². The summed E-state index contributed by atoms with van der Waals surface area (Å²) in [4.78, 5) is 11.3. The van der Waals surface area contributed by atoms with Gasteiger partial charge in [-0.2, -0.15) is 0 Å². The molecule has 0 rings (SSSR count). The van der Waals surface area contributed by atoms with Crippen molar-refractivity contribution in [2.24, 2.45) is 11.3 Å². The van der Waals surface area contributed by atoms with Crippen LogP contribution in [0.15, 0.2) is 0 Å². The highest BCUT2D eigenvalue weighted by Crippen LogP contribution is 2.34. The van der Waals surface area contributed by atoms with Gasteiger partial charge in [-0.3, -0.25) is 4.79 Å². The van der Waals surface area contributed by atoms with Crippen molar-refractivity contribution in [2.75, 3.05) is 13.7 Å². The maximum Gasteiger partial charge on any atom is 0.308 e. The Labute approximate surface area is 119 Å². The predicted molar refractivity (Wildman–Crippen MR) is 79.1 cm³/mol. The van der Waals surface area contributed by atoms with Crippen molar-refractivity contribution >= 4 is 5.97 Å². The minimum absolute atomic E-state index is 0.219. The van der Waals surface area contributed by atoms with Crippen molar-refractivity contribution in [2.45, 2.75) is 72.8 Å². The van der Waals surface area contributed by atoms with Gasteiger partial charge in [0.15, 0.2) is 0 Å². The predicted octanol–water partition coefficient (Wildman–Crippen LogP) is 4.20. The fraction of sp³-hybridized carbons (Fsp3) is 0.938. The van der Waals surface area contributed by atoms with Gasteiger partial charge in [0.1, 0.15) is 0 Å². The molecular weight excluding hydrogens is 240 g/mol. The fourth-order valence-electron chi connectivity index (χ4n) is 2.13. The van der Waals surface area contributed by atoms with Crippen LogP contribution in [0, 0.1) is 11.3 Å². The van der Waals surface area contributed by atoms with Crippen LogP contribution >= 0.6 is 0 Å². The van der Waals surface area contributed by atoms with Crippen LogP contribution in [0.2, 0.25) is 0 Å². The van der Waals surface area contributed by atoms with E-state index in [0.717, 1.165) is 6.42 Å². The second-order valence-corrected chi connectivity index (χ2v) is 6.79. The van der Waals surface area contributed by atoms with Crippen LogP contribution in [0.5, 0.6) is 0 Å². The SMILES string of the molecule is CCCC(C)C(C)(C)CCOC(C)(C)CC(=O)OC. The van der Waals surface area contributed by atoms with E-state index in [1.165, 1.54) is 20.0 Å². The highest BCUT2D eigenvalue weighted by atomic mass is 16.5. The minimum atomic E-state index is -0.447. The highest BCUT2D eigenvalue weighted by Gasteiger charge is 2.28. The molecule has 1 atom stereocenters. The molecule has 0 spiro atoms. The Morgan fingerprint density at radius 2 is 1.79 bits per heavy atom. The normalized spacial score (nSPS) is 14.3. The molecule has 0 bridgehead atoms. The molecule has 0 saturated heterocycles. The first-order valence-corrected chi connectivity index (χ1v) is 7.35. The minimum Gasteiger partial charge on any atom is -0.469 e. The maximum absolute atomic E-state index is 11.3. The number of methoxy groups -OCH3 is 1. The summed E-state index contributed by atoms with van der Waals surface area (Å²) in [5.41, 5.74) is -0.172. The average molecular weight is 272 g/mol. The number of rotatable bonds is 9. The number of carbonyl (C=O) groups excluding carboxylic acids is 1. The summed E-state index contributed by atoms with van der Waals surface area (Å²) in [6.07, 6.45) is 3.78. The summed E-state index contributed by atoms with van der Waals surface area (Å²) < 4.78 is 10.5. The molecule has 19 heavy (non-hydrogen) atoms. The lowest BCUT2D eigenvalue weighted by atomic mass is 9.75. The second kappa shape index (κ2) is 7.88. The summed E-state index contributed by atoms with van der Waals surface area (Å²) in [6, 6.07) is 0. The zero-order valence-corrected chi connectivity index (χ0v) is 13.8. The van der Waals surface area contributed by atoms with Crippen molar-refractivity contribution in [1.82, 2.24) is 0 Å². The summed E-state index contributed by atoms with van der Waals surface area (Å²) >= 11 is 0. The zero-order chi connectivity index (χ0) is 15.1. The largest absolute Gasteiger partial charge is 0.469 e. The van der Waals surface area contributed by atoms with E-state index in [4.69, 9.17) is 4.74 Å². The van der Waals surface area contributed by atoms with Gasteiger partial charge in [0.05, 0.1) is 19.1 Å². The summed E-state index contributed by atoms with van der Waals surface area (Å²) in [7, 11) is 1.41. The highest BCUT2D eigenvalue weighted by molar-refractivity contribution is 5.70. The number of hydrogen-bond donors (Lipinski definition) is 0. The van der Waals surface area contributed by atoms with Crippen molar-refractivity contribution in [3.05, 3.63) is 0 Å². The van der Waals surface area contributed by atoms with Crippen LogP contribution in [0.1, 0.15) is 67.2 Å². The van der Waals surface area contributed by atoms with E-state index < -0.39 is 5.60 Å². The molecule has 0 aliphatic heterocycles. The lowest BCUT2D eigenvalue weighted by Crippen LogP contribution is -2.31. The molecule has 0 radical (unpaired) electrons. The summed E-state index contributed by atoms with van der Waals surface area (Å²) in [5.74, 6) is 0.466. The quantitative estimate of drug-likeness (QED) is 0.590. The van der Waals surface area contributed by atoms with Gasteiger partial charge in [-0.1, -0.05) is 40.5 Å². The molecule has 0 aromatic carbocycles. The van der Waals surface area contributed by atoms with Crippen LogP contribution in [-0.4, -0.2) is 25.3 Å². The van der Waals surface area contributed by atoms with Gasteiger partial charge in [-0.15, -0.1) is 0 Å². The van der Waals surface area contributed by atoms with Crippen molar-refractivity contribution in [3.8, 4) is 0 Å². The third-order valence-corrected chi connectivity index (χ3v) is 4.09. The number of esters is 1. The van der Waals surface area contributed by atoms with Crippen molar-refractivity contribution in [1.29, 1.82) is 0 Å². The van der Waals surface area contributed by atoms with E-state index in [9.17, 15) is 4.79 Å². The van der Waals surface area contributed by atoms with Crippen LogP contribution in [0.4, 0.5) is 0 Å². The molecule has 0 aliphatic rings. The Hall–Kier alpha value is -0.570. The number of carbonyl (C=O) groups is 1. The Morgan fingerprint density at radius 1 is 1.21 bits per heavy atom. The van der Waals surface area contributed by atoms with Gasteiger partial charge in [0, 0.05) is 6.61 Å². The Balaban J connectivity index is 4.16. The molecule has 0 saturated carbocycles. The van der Waals surface area contributed by atoms with Crippen molar-refractivity contribution < 1.29 is 14.3 Å². The van der Waals surface area contributed by atoms with Crippen LogP contribution in [0.3, 0.4) is 0 Å². The molecule has 0 aliphatic carbocycles. The van der Waals surface area contributed by atoms with Gasteiger partial charge >= 0.3 is 5.97 Å². The molecule has 0 fully saturated rings. The first kappa shape index (κ1) is 18.4. The summed E-state index contributed by atoms with van der Waals surface area (Å²) in [5, 5.41) is 0. The molecule has 3 nitrogen and oxygen atoms in total. The molecule has 114 valence electrons. The number of ether oxygens (including phenoxy) is 2. The van der Waals surface area contributed by atoms with Gasteiger partial charge in [0.25, 0.3) is 0 Å². The van der Waals surface area contributed by atoms with E-state index in [-0.39, 0.29) is 11.4 Å². The van der Waals surface area contributed by atoms with E-state index in [1.54, 1.807) is 0 Å². The fourth-order valence-corrected chi connectivity index (χ4v) is 2.13. The van der Waals surface area contributed by atoms with E-state index in [0.29, 0.717) is 18.9 Å². The second-order valence-electron chi connectivity index (χ2n) is 6.79. The van der Waals surface area contributed by atoms with E-state index >= 15 is 0 Å². The van der Waals surface area contributed by atoms with Crippen LogP contribution in [0.25, 0.3) is 0 Å². The number of hydrogen-bond acceptors (Lipinski definition) is 3. The Kier molecular flexibility index (Phi) is 7.65. The molecule has 0 aromatic rings. The Bertz CT molecular complexity index is 269. The summed E-state index contributed by atoms with van der Waals surface area (Å²) in [6.45, 7) is 13.7. The van der Waals surface area contributed by atoms with Gasteiger partial charge in [0.2, 0.25) is 0 Å². The van der Waals surface area contributed by atoms with Gasteiger partial charge in [-0.25, -0.2) is 0 Å². The van der Waals surface area contributed by atoms with Gasteiger partial charge in [-0.05, 0) is 31.6 Å². The lowest BCUT2D eigenvalue weighted by Gasteiger charge is -2.33. The molecule has 1 unspecified atom stereocenters. The zero-order valence-electron chi connectivity index (χ0n) is 13.8. The van der Waals surface area contributed by atoms with Crippen molar-refractivity contribution in [3.63, 3.8) is 0 Å². The van der Waals surface area contributed by atoms with Crippen LogP contribution < -0.4 is 0 Å². The average Bonchev–Trinajstić information content (AvgIpc) is 2.27. The van der Waals surface area contributed by atoms with E-state index in [1.807, 2.05) is 13.8 Å². The third kappa shape index (κ3) is 7.56. The topological polar surface area (TPSA) is 35.5 Å². The van der Waals surface area contributed by atoms with E-state index in [2.05, 4.69) is 32.4 Å². The first-order valence-electron chi connectivity index (χ1n) is 7.35. The molecule has 0 heterocycles. The third-order valence-electron chi connectivity index (χ3n) is 4.09. The molecule has 0 amide bonds. The molecule has 0 aromatic heterocycles. The molecule has 0 N–H and O–H groups in total. The lowest BCUT2D eigenvalue weighted by molar-refractivity contribution is -0.147. The molecule has 3 heteroatoms. The maximum atomic E-state index is 11.3.